The molecule has 0 unspecified atom stereocenters. The van der Waals surface area contributed by atoms with E-state index in [0.717, 1.165) is 67.1 Å². The van der Waals surface area contributed by atoms with Gasteiger partial charge in [0.15, 0.2) is 34.1 Å². The molecule has 22 nitrogen and oxygen atoms in total. The predicted molar refractivity (Wildman–Crippen MR) is 384 cm³/mol. The van der Waals surface area contributed by atoms with Crippen LogP contribution in [-0.2, 0) is 6.18 Å². The monoisotopic (exact) mass is 1420 g/mol. The molecule has 103 heavy (non-hydrogen) atoms. The fraction of sp³-hybridized carbons (Fsp3) is 0.250. The molecular formula is C76H61ClF3N13O9S. The van der Waals surface area contributed by atoms with Crippen molar-refractivity contribution in [2.75, 3.05) is 45.8 Å². The van der Waals surface area contributed by atoms with E-state index in [-0.39, 0.29) is 65.3 Å². The van der Waals surface area contributed by atoms with Gasteiger partial charge < -0.3 is 39.6 Å². The number of carbonyl (C=O) groups is 4. The SMILES string of the molecule is Cc1cc(N2CC[C@@]3(O)C(=O)c4cc(C)c(C(F)(F)F)cc4N=C23)on1.Cc1cc2c(s1)N=C1N(c3ccc(C#N)c(Cl)c3)CC[C@@]1(O)C2=O.Cc1ccc2c(c1)C(=O)[C@]1(O)CCN(c3ccc4nc(C)ccc4c3)C1=N2.Cc1ccc2c(c1)C(=O)[C@]1(O)CCN(c3ccc4nccnc4c3)C1=N2. The molecule has 8 aliphatic heterocycles. The Morgan fingerprint density at radius 3 is 1.56 bits per heavy atom. The molecule has 0 amide bonds. The molecule has 10 aromatic rings. The topological polar surface area (TPSA) is 300 Å². The van der Waals surface area contributed by atoms with Gasteiger partial charge in [0.25, 0.3) is 0 Å². The standard InChI is InChI=1S/C22H19N3O2.C20H16N4O2.C17H12ClN3O2S.C17H14F3N3O3/c1-13-3-7-19-17(11-13)20(26)22(27)9-10-25(21(22)24-19)16-6-8-18-15(12-16)5-4-14(2)23-18;1-12-2-4-15-14(10-12)18(25)20(26)6-9-24(19(20)23-15)13-3-5-16-17(11-13)22-8-7-21-16;1-9-6-12-14(22)17(23)4-5-21(16(17)20-15(12)24-9)11-3-2-10(8-19)13(18)7-11;1-8-5-10-12(7-11(8)17(18,19)20)21-15-16(25,14(10)24)3-4-23(15)13-6-9(2)22-26-13/h3-8,11-12,27H,9-10H2,1-2H3;2-5,7-8,10-11,26H,6,9H2,1H3;2-3,6-7,23H,4-5H2,1H3;5-7,25H,3-4H2,1-2H3/t22-;20-;17-;16-/m1111/s1. The Balaban J connectivity index is 0.000000111. The summed E-state index contributed by atoms with van der Waals surface area (Å²) in [6, 6.07) is 39.3. The molecule has 0 saturated carbocycles. The number of halogens is 4. The second-order valence-electron chi connectivity index (χ2n) is 26.5. The molecule has 4 fully saturated rings. The average molecular weight is 1420 g/mol. The molecular weight excluding hydrogens is 1360 g/mol. The fourth-order valence-corrected chi connectivity index (χ4v) is 15.3. The van der Waals surface area contributed by atoms with Crippen molar-refractivity contribution in [3.05, 3.63) is 211 Å². The van der Waals surface area contributed by atoms with E-state index in [1.165, 1.54) is 23.2 Å². The number of hydrogen-bond acceptors (Lipinski definition) is 23. The van der Waals surface area contributed by atoms with Crippen molar-refractivity contribution >= 4 is 136 Å². The largest absolute Gasteiger partial charge is 0.416 e. The lowest BCUT2D eigenvalue weighted by Gasteiger charge is -2.30. The quantitative estimate of drug-likeness (QED) is 0.127. The first kappa shape index (κ1) is 67.8. The second-order valence-corrected chi connectivity index (χ2v) is 28.2. The van der Waals surface area contributed by atoms with E-state index < -0.39 is 39.9 Å². The van der Waals surface area contributed by atoms with Gasteiger partial charge in [0.1, 0.15) is 22.7 Å². The third-order valence-electron chi connectivity index (χ3n) is 19.6. The van der Waals surface area contributed by atoms with Gasteiger partial charge >= 0.3 is 6.18 Å². The van der Waals surface area contributed by atoms with Gasteiger partial charge in [0.2, 0.25) is 29.0 Å². The van der Waals surface area contributed by atoms with Crippen molar-refractivity contribution < 1.29 is 57.3 Å². The lowest BCUT2D eigenvalue weighted by atomic mass is 9.86. The number of aliphatic imine (C=N–C) groups is 4. The number of hydrogen-bond donors (Lipinski definition) is 4. The maximum absolute atomic E-state index is 13.2. The summed E-state index contributed by atoms with van der Waals surface area (Å²) >= 11 is 7.55. The van der Waals surface area contributed by atoms with Crippen LogP contribution in [0.5, 0.6) is 0 Å². The Kier molecular flexibility index (Phi) is 16.4. The summed E-state index contributed by atoms with van der Waals surface area (Å²) in [5.41, 5.74) is 3.86. The summed E-state index contributed by atoms with van der Waals surface area (Å²) in [7, 11) is 0. The van der Waals surface area contributed by atoms with Crippen LogP contribution in [0.4, 0.5) is 58.2 Å². The van der Waals surface area contributed by atoms with Crippen LogP contribution in [0, 0.1) is 52.9 Å². The van der Waals surface area contributed by atoms with Crippen molar-refractivity contribution in [3.8, 4) is 6.07 Å². The highest BCUT2D eigenvalue weighted by Gasteiger charge is 2.57. The minimum Gasteiger partial charge on any atom is -0.374 e. The van der Waals surface area contributed by atoms with E-state index in [0.29, 0.717) is 105 Å². The number of alkyl halides is 3. The minimum absolute atomic E-state index is 0.0163. The summed E-state index contributed by atoms with van der Waals surface area (Å²) in [6.45, 7) is 12.5. The van der Waals surface area contributed by atoms with Crippen molar-refractivity contribution in [3.63, 3.8) is 0 Å². The Morgan fingerprint density at radius 2 is 1.01 bits per heavy atom. The van der Waals surface area contributed by atoms with Gasteiger partial charge in [0, 0.05) is 120 Å². The zero-order valence-corrected chi connectivity index (χ0v) is 57.6. The summed E-state index contributed by atoms with van der Waals surface area (Å²) in [4.78, 5) is 90.9. The Labute approximate surface area is 594 Å². The molecule has 0 aliphatic carbocycles. The molecule has 12 heterocycles. The number of pyridine rings is 1. The molecule has 4 aromatic heterocycles. The van der Waals surface area contributed by atoms with E-state index in [4.69, 9.17) is 21.4 Å². The number of aromatic nitrogens is 4. The molecule has 0 radical (unpaired) electrons. The normalized spacial score (nSPS) is 21.8. The lowest BCUT2D eigenvalue weighted by Crippen LogP contribution is -2.48. The summed E-state index contributed by atoms with van der Waals surface area (Å²) in [5, 5.41) is 58.8. The minimum atomic E-state index is -4.56. The third-order valence-corrected chi connectivity index (χ3v) is 20.9. The number of nitrogens with zero attached hydrogens (tertiary/aromatic N) is 13. The maximum Gasteiger partial charge on any atom is 0.416 e. The zero-order valence-electron chi connectivity index (χ0n) is 56.0. The van der Waals surface area contributed by atoms with E-state index >= 15 is 0 Å². The smallest absolute Gasteiger partial charge is 0.374 e. The van der Waals surface area contributed by atoms with E-state index in [9.17, 15) is 52.8 Å². The Bertz CT molecular complexity index is 5530. The number of amidine groups is 4. The Morgan fingerprint density at radius 1 is 0.515 bits per heavy atom. The maximum atomic E-state index is 13.2. The van der Waals surface area contributed by atoms with Gasteiger partial charge in [-0.25, -0.2) is 20.0 Å². The summed E-state index contributed by atoms with van der Waals surface area (Å²) in [5.74, 6) is -0.106. The molecule has 6 aromatic carbocycles. The molecule has 4 atom stereocenters. The van der Waals surface area contributed by atoms with Gasteiger partial charge in [-0.2, -0.15) is 18.4 Å². The molecule has 8 aliphatic rings. The molecule has 0 bridgehead atoms. The van der Waals surface area contributed by atoms with Crippen LogP contribution in [0.3, 0.4) is 0 Å². The number of ketones is 4. The highest BCUT2D eigenvalue weighted by molar-refractivity contribution is 7.16. The number of anilines is 4. The molecule has 27 heteroatoms. The highest BCUT2D eigenvalue weighted by atomic mass is 35.5. The van der Waals surface area contributed by atoms with Gasteiger partial charge in [0.05, 0.1) is 61.0 Å². The molecule has 518 valence electrons. The predicted octanol–water partition coefficient (Wildman–Crippen LogP) is 13.2. The summed E-state index contributed by atoms with van der Waals surface area (Å²) < 4.78 is 44.7. The van der Waals surface area contributed by atoms with Crippen LogP contribution in [0.1, 0.15) is 111 Å². The van der Waals surface area contributed by atoms with Crippen molar-refractivity contribution in [1.82, 2.24) is 20.1 Å². The van der Waals surface area contributed by atoms with Crippen LogP contribution in [-0.4, -0.2) is 136 Å². The van der Waals surface area contributed by atoms with Crippen LogP contribution >= 0.6 is 22.9 Å². The van der Waals surface area contributed by atoms with Crippen LogP contribution in [0.25, 0.3) is 21.9 Å². The number of fused-ring (bicyclic) bond motifs is 10. The number of benzene rings is 6. The average Bonchev–Trinajstić information content (AvgIpc) is 1.72. The Hall–Kier alpha value is -11.1. The van der Waals surface area contributed by atoms with Crippen LogP contribution < -0.4 is 19.6 Å². The van der Waals surface area contributed by atoms with Gasteiger partial charge in [-0.05, 0) is 150 Å². The first-order valence-electron chi connectivity index (χ1n) is 32.9. The molecule has 18 rings (SSSR count). The summed E-state index contributed by atoms with van der Waals surface area (Å²) in [6.07, 6.45) is -0.279. The van der Waals surface area contributed by atoms with Crippen LogP contribution in [0.15, 0.2) is 164 Å². The molecule has 4 saturated heterocycles. The lowest BCUT2D eigenvalue weighted by molar-refractivity contribution is -0.138. The van der Waals surface area contributed by atoms with Crippen molar-refractivity contribution in [1.29, 1.82) is 5.26 Å². The molecule has 4 N–H and O–H groups in total. The fourth-order valence-electron chi connectivity index (χ4n) is 14.3. The van der Waals surface area contributed by atoms with Crippen LogP contribution in [0.2, 0.25) is 5.02 Å². The third kappa shape index (κ3) is 11.4. The van der Waals surface area contributed by atoms with Gasteiger partial charge in [-0.15, -0.1) is 11.3 Å². The van der Waals surface area contributed by atoms with E-state index in [1.54, 1.807) is 60.6 Å². The van der Waals surface area contributed by atoms with E-state index in [1.807, 2.05) is 122 Å². The highest BCUT2D eigenvalue weighted by Crippen LogP contribution is 2.47. The van der Waals surface area contributed by atoms with Crippen molar-refractivity contribution in [2.24, 2.45) is 20.0 Å². The number of aliphatic hydroxyl groups is 4. The number of aryl methyl sites for hydroxylation is 6. The zero-order chi connectivity index (χ0) is 72.6. The van der Waals surface area contributed by atoms with E-state index in [2.05, 4.69) is 40.1 Å². The van der Waals surface area contributed by atoms with Crippen molar-refractivity contribution in [2.45, 2.75) is 95.8 Å². The molecule has 0 spiro atoms. The first-order chi connectivity index (χ1) is 49.1. The number of rotatable bonds is 4. The number of thiophene rings is 1. The van der Waals surface area contributed by atoms with Gasteiger partial charge in [-0.1, -0.05) is 46.1 Å². The number of carbonyl (C=O) groups excluding carboxylic acids is 4. The van der Waals surface area contributed by atoms with Gasteiger partial charge in [-0.3, -0.25) is 39.0 Å². The number of Topliss-reactive ketones (excluding diaryl/α,β-unsaturated/α-hetero) is 4. The number of nitriles is 1. The first-order valence-corrected chi connectivity index (χ1v) is 34.1. The second kappa shape index (κ2) is 24.9.